The van der Waals surface area contributed by atoms with E-state index in [-0.39, 0.29) is 20.0 Å². The number of hydrogen-bond donors (Lipinski definition) is 2. The van der Waals surface area contributed by atoms with E-state index in [1.165, 1.54) is 0 Å². The molecule has 0 heterocycles. The molecule has 1 atom stereocenters. The van der Waals surface area contributed by atoms with E-state index in [0.717, 1.165) is 0 Å². The molecule has 0 saturated carbocycles. The predicted octanol–water partition coefficient (Wildman–Crippen LogP) is -0.650. The maximum atomic E-state index is 8.73. The third-order valence-corrected chi connectivity index (χ3v) is 0.892. The Morgan fingerprint density at radius 1 is 1.40 bits per heavy atom. The molecular formula is C6H14O4. The minimum Gasteiger partial charge on any atom is -0.394 e. The summed E-state index contributed by atoms with van der Waals surface area (Å²) in [5.74, 6) is 0. The van der Waals surface area contributed by atoms with Gasteiger partial charge in [0.05, 0.1) is 13.2 Å². The maximum Gasteiger partial charge on any atom is 0.146 e. The van der Waals surface area contributed by atoms with E-state index in [0.29, 0.717) is 6.61 Å². The molecule has 0 aliphatic rings. The summed E-state index contributed by atoms with van der Waals surface area (Å²) in [4.78, 5) is 0. The molecule has 0 radical (unpaired) electrons. The van der Waals surface area contributed by atoms with Crippen LogP contribution >= 0.6 is 0 Å². The Morgan fingerprint density at radius 3 is 2.60 bits per heavy atom. The minimum atomic E-state index is -0.791. The molecule has 62 valence electrons. The lowest BCUT2D eigenvalue weighted by molar-refractivity contribution is -0.0827. The highest BCUT2D eigenvalue weighted by molar-refractivity contribution is 4.46. The van der Waals surface area contributed by atoms with E-state index >= 15 is 0 Å². The lowest BCUT2D eigenvalue weighted by Gasteiger charge is -2.07. The molecule has 0 bridgehead atoms. The van der Waals surface area contributed by atoms with Crippen molar-refractivity contribution in [3.05, 3.63) is 0 Å². The van der Waals surface area contributed by atoms with Crippen LogP contribution in [0.3, 0.4) is 0 Å². The van der Waals surface area contributed by atoms with Gasteiger partial charge in [-0.25, -0.2) is 0 Å². The fourth-order valence-electron chi connectivity index (χ4n) is 0.379. The maximum absolute atomic E-state index is 8.73. The third kappa shape index (κ3) is 5.97. The monoisotopic (exact) mass is 150 g/mol. The lowest BCUT2D eigenvalue weighted by Crippen LogP contribution is -2.20. The van der Waals surface area contributed by atoms with Crippen molar-refractivity contribution in [1.29, 1.82) is 0 Å². The van der Waals surface area contributed by atoms with Crippen molar-refractivity contribution >= 4 is 0 Å². The summed E-state index contributed by atoms with van der Waals surface area (Å²) < 4.78 is 9.61. The van der Waals surface area contributed by atoms with E-state index in [2.05, 4.69) is 0 Å². The molecule has 2 N–H and O–H groups in total. The number of aliphatic hydroxyl groups excluding tert-OH is 2. The molecule has 0 aliphatic heterocycles. The van der Waals surface area contributed by atoms with Gasteiger partial charge in [-0.15, -0.1) is 0 Å². The third-order valence-electron chi connectivity index (χ3n) is 0.892. The van der Waals surface area contributed by atoms with Crippen molar-refractivity contribution in [2.75, 3.05) is 26.6 Å². The van der Waals surface area contributed by atoms with Crippen LogP contribution in [0.25, 0.3) is 0 Å². The summed E-state index contributed by atoms with van der Waals surface area (Å²) in [5.41, 5.74) is 0. The SMILES string of the molecule is CCOCOCC(O)CO. The quantitative estimate of drug-likeness (QED) is 0.390. The van der Waals surface area contributed by atoms with Crippen LogP contribution in [0.15, 0.2) is 0 Å². The van der Waals surface area contributed by atoms with Crippen LogP contribution in [0, 0.1) is 0 Å². The average molecular weight is 150 g/mol. The van der Waals surface area contributed by atoms with Crippen LogP contribution in [-0.2, 0) is 9.47 Å². The predicted molar refractivity (Wildman–Crippen MR) is 35.5 cm³/mol. The molecular weight excluding hydrogens is 136 g/mol. The van der Waals surface area contributed by atoms with Crippen molar-refractivity contribution in [1.82, 2.24) is 0 Å². The Labute approximate surface area is 60.4 Å². The van der Waals surface area contributed by atoms with Crippen molar-refractivity contribution in [3.8, 4) is 0 Å². The van der Waals surface area contributed by atoms with Gasteiger partial charge >= 0.3 is 0 Å². The molecule has 0 aromatic heterocycles. The Morgan fingerprint density at radius 2 is 2.10 bits per heavy atom. The van der Waals surface area contributed by atoms with Crippen LogP contribution in [0.5, 0.6) is 0 Å². The van der Waals surface area contributed by atoms with Gasteiger partial charge in [0.25, 0.3) is 0 Å². The highest BCUT2D eigenvalue weighted by Gasteiger charge is 1.99. The normalized spacial score (nSPS) is 13.5. The number of ether oxygens (including phenoxy) is 2. The second kappa shape index (κ2) is 6.95. The Hall–Kier alpha value is -0.160. The van der Waals surface area contributed by atoms with Crippen LogP contribution in [0.4, 0.5) is 0 Å². The zero-order valence-electron chi connectivity index (χ0n) is 6.12. The minimum absolute atomic E-state index is 0.122. The van der Waals surface area contributed by atoms with Crippen molar-refractivity contribution in [2.45, 2.75) is 13.0 Å². The molecule has 0 aliphatic carbocycles. The van der Waals surface area contributed by atoms with Crippen molar-refractivity contribution in [2.24, 2.45) is 0 Å². The van der Waals surface area contributed by atoms with Crippen LogP contribution in [0.2, 0.25) is 0 Å². The zero-order chi connectivity index (χ0) is 7.82. The highest BCUT2D eigenvalue weighted by Crippen LogP contribution is 1.83. The van der Waals surface area contributed by atoms with E-state index in [9.17, 15) is 0 Å². The van der Waals surface area contributed by atoms with Crippen LogP contribution in [-0.4, -0.2) is 42.9 Å². The lowest BCUT2D eigenvalue weighted by atomic mass is 10.4. The first-order valence-electron chi connectivity index (χ1n) is 3.25. The van der Waals surface area contributed by atoms with Gasteiger partial charge in [-0.3, -0.25) is 0 Å². The van der Waals surface area contributed by atoms with Gasteiger partial charge in [-0.2, -0.15) is 0 Å². The number of hydrogen-bond acceptors (Lipinski definition) is 4. The molecule has 0 amide bonds. The second-order valence-corrected chi connectivity index (χ2v) is 1.82. The van der Waals surface area contributed by atoms with Crippen LogP contribution in [0.1, 0.15) is 6.92 Å². The number of aliphatic hydroxyl groups is 2. The van der Waals surface area contributed by atoms with Gasteiger partial charge in [0, 0.05) is 6.61 Å². The van der Waals surface area contributed by atoms with E-state index in [1.54, 1.807) is 0 Å². The average Bonchev–Trinajstić information content (AvgIpc) is 1.98. The summed E-state index contributed by atoms with van der Waals surface area (Å²) in [6.07, 6.45) is -0.791. The molecule has 0 saturated heterocycles. The fourth-order valence-corrected chi connectivity index (χ4v) is 0.379. The van der Waals surface area contributed by atoms with E-state index < -0.39 is 6.10 Å². The molecule has 0 rings (SSSR count). The first-order valence-corrected chi connectivity index (χ1v) is 3.25. The molecule has 4 heteroatoms. The molecule has 10 heavy (non-hydrogen) atoms. The Kier molecular flexibility index (Phi) is 6.84. The van der Waals surface area contributed by atoms with E-state index in [4.69, 9.17) is 19.7 Å². The molecule has 1 unspecified atom stereocenters. The smallest absolute Gasteiger partial charge is 0.146 e. The Bertz CT molecular complexity index is 66.8. The first kappa shape index (κ1) is 9.84. The van der Waals surface area contributed by atoms with Crippen molar-refractivity contribution < 1.29 is 19.7 Å². The molecule has 0 aromatic carbocycles. The van der Waals surface area contributed by atoms with Gasteiger partial charge in [0.1, 0.15) is 12.9 Å². The Balaban J connectivity index is 2.89. The molecule has 0 spiro atoms. The topological polar surface area (TPSA) is 58.9 Å². The zero-order valence-corrected chi connectivity index (χ0v) is 6.12. The molecule has 0 fully saturated rings. The summed E-state index contributed by atoms with van der Waals surface area (Å²) in [6, 6.07) is 0. The standard InChI is InChI=1S/C6H14O4/c1-2-9-5-10-4-6(8)3-7/h6-8H,2-5H2,1H3. The summed E-state index contributed by atoms with van der Waals surface area (Å²) in [5, 5.41) is 17.0. The summed E-state index contributed by atoms with van der Waals surface area (Å²) in [7, 11) is 0. The number of rotatable bonds is 6. The summed E-state index contributed by atoms with van der Waals surface area (Å²) in [6.45, 7) is 2.47. The molecule has 0 aromatic rings. The van der Waals surface area contributed by atoms with Gasteiger partial charge in [0.15, 0.2) is 0 Å². The highest BCUT2D eigenvalue weighted by atomic mass is 16.7. The van der Waals surface area contributed by atoms with Gasteiger partial charge in [0.2, 0.25) is 0 Å². The van der Waals surface area contributed by atoms with Gasteiger partial charge in [-0.05, 0) is 6.92 Å². The fraction of sp³-hybridized carbons (Fsp3) is 1.00. The largest absolute Gasteiger partial charge is 0.394 e. The van der Waals surface area contributed by atoms with Crippen LogP contribution < -0.4 is 0 Å². The molecule has 4 nitrogen and oxygen atoms in total. The summed E-state index contributed by atoms with van der Waals surface area (Å²) >= 11 is 0. The van der Waals surface area contributed by atoms with Crippen molar-refractivity contribution in [3.63, 3.8) is 0 Å². The van der Waals surface area contributed by atoms with Gasteiger partial charge < -0.3 is 19.7 Å². The second-order valence-electron chi connectivity index (χ2n) is 1.82. The first-order chi connectivity index (χ1) is 4.81. The van der Waals surface area contributed by atoms with E-state index in [1.807, 2.05) is 6.92 Å². The van der Waals surface area contributed by atoms with Gasteiger partial charge in [-0.1, -0.05) is 0 Å².